The van der Waals surface area contributed by atoms with Gasteiger partial charge in [0.1, 0.15) is 5.75 Å². The number of rotatable bonds is 6. The van der Waals surface area contributed by atoms with Crippen molar-refractivity contribution >= 4 is 11.6 Å². The molecule has 1 fully saturated rings. The van der Waals surface area contributed by atoms with Crippen LogP contribution in [0.3, 0.4) is 0 Å². The predicted molar refractivity (Wildman–Crippen MR) is 82.0 cm³/mol. The summed E-state index contributed by atoms with van der Waals surface area (Å²) < 4.78 is 5.71. The predicted octanol–water partition coefficient (Wildman–Crippen LogP) is 4.24. The van der Waals surface area contributed by atoms with Crippen LogP contribution < -0.4 is 10.1 Å². The summed E-state index contributed by atoms with van der Waals surface area (Å²) in [5.41, 5.74) is 0.837. The Morgan fingerprint density at radius 3 is 2.80 bits per heavy atom. The largest absolute Gasteiger partial charge is 0.494 e. The number of carbonyl (C=O) groups excluding carboxylic acids is 1. The minimum atomic E-state index is 0.154. The Labute approximate surface area is 121 Å². The van der Waals surface area contributed by atoms with E-state index in [1.165, 1.54) is 12.8 Å². The van der Waals surface area contributed by atoms with Crippen LogP contribution >= 0.6 is 0 Å². The molecular formula is C17H25NO2. The van der Waals surface area contributed by atoms with Crippen molar-refractivity contribution in [3.8, 4) is 5.75 Å². The zero-order chi connectivity index (χ0) is 14.4. The van der Waals surface area contributed by atoms with Gasteiger partial charge in [0.15, 0.2) is 0 Å². The Morgan fingerprint density at radius 2 is 2.10 bits per heavy atom. The van der Waals surface area contributed by atoms with Crippen molar-refractivity contribution in [3.05, 3.63) is 24.3 Å². The van der Waals surface area contributed by atoms with Crippen LogP contribution in [0.5, 0.6) is 5.75 Å². The van der Waals surface area contributed by atoms with E-state index in [4.69, 9.17) is 4.74 Å². The number of ether oxygens (including phenoxy) is 1. The van der Waals surface area contributed by atoms with Gasteiger partial charge < -0.3 is 10.1 Å². The maximum atomic E-state index is 12.1. The fourth-order valence-corrected chi connectivity index (χ4v) is 2.51. The maximum absolute atomic E-state index is 12.1. The van der Waals surface area contributed by atoms with Crippen LogP contribution in [0.15, 0.2) is 24.3 Å². The molecule has 0 atom stereocenters. The molecule has 20 heavy (non-hydrogen) atoms. The van der Waals surface area contributed by atoms with E-state index < -0.39 is 0 Å². The number of amides is 1. The van der Waals surface area contributed by atoms with Crippen molar-refractivity contribution in [3.63, 3.8) is 0 Å². The van der Waals surface area contributed by atoms with E-state index in [0.29, 0.717) is 5.92 Å². The van der Waals surface area contributed by atoms with Crippen molar-refractivity contribution in [2.24, 2.45) is 11.8 Å². The molecule has 110 valence electrons. The zero-order valence-corrected chi connectivity index (χ0v) is 12.5. The Balaban J connectivity index is 1.86. The van der Waals surface area contributed by atoms with Crippen molar-refractivity contribution in [1.82, 2.24) is 0 Å². The zero-order valence-electron chi connectivity index (χ0n) is 12.5. The molecule has 3 heteroatoms. The van der Waals surface area contributed by atoms with Crippen molar-refractivity contribution in [1.29, 1.82) is 0 Å². The molecule has 1 aromatic carbocycles. The summed E-state index contributed by atoms with van der Waals surface area (Å²) in [6.07, 6.45) is 5.44. The smallest absolute Gasteiger partial charge is 0.227 e. The van der Waals surface area contributed by atoms with Gasteiger partial charge in [-0.15, -0.1) is 0 Å². The number of hydrogen-bond acceptors (Lipinski definition) is 2. The molecule has 0 aromatic heterocycles. The first-order valence-electron chi connectivity index (χ1n) is 7.69. The van der Waals surface area contributed by atoms with E-state index in [2.05, 4.69) is 19.2 Å². The molecule has 1 aliphatic carbocycles. The fraction of sp³-hybridized carbons (Fsp3) is 0.588. The number of carbonyl (C=O) groups is 1. The number of hydrogen-bond donors (Lipinski definition) is 1. The standard InChI is InChI=1S/C17H25NO2/c1-13(2)10-11-20-16-9-5-8-15(12-16)18-17(19)14-6-3-4-7-14/h5,8-9,12-14H,3-4,6-7,10-11H2,1-2H3,(H,18,19). The van der Waals surface area contributed by atoms with Crippen LogP contribution in [0.2, 0.25) is 0 Å². The first kappa shape index (κ1) is 14.9. The SMILES string of the molecule is CC(C)CCOc1cccc(NC(=O)C2CCCC2)c1. The monoisotopic (exact) mass is 275 g/mol. The molecule has 0 heterocycles. The van der Waals surface area contributed by atoms with Crippen LogP contribution in [0.1, 0.15) is 46.0 Å². The molecule has 0 radical (unpaired) electrons. The normalized spacial score (nSPS) is 15.6. The van der Waals surface area contributed by atoms with Crippen LogP contribution in [-0.2, 0) is 4.79 Å². The van der Waals surface area contributed by atoms with Gasteiger partial charge in [0, 0.05) is 17.7 Å². The molecule has 0 bridgehead atoms. The minimum absolute atomic E-state index is 0.154. The van der Waals surface area contributed by atoms with E-state index in [9.17, 15) is 4.79 Å². The van der Waals surface area contributed by atoms with Gasteiger partial charge >= 0.3 is 0 Å². The summed E-state index contributed by atoms with van der Waals surface area (Å²) in [4.78, 5) is 12.1. The van der Waals surface area contributed by atoms with Gasteiger partial charge in [-0.25, -0.2) is 0 Å². The van der Waals surface area contributed by atoms with Gasteiger partial charge in [0.05, 0.1) is 6.61 Å². The molecule has 2 rings (SSSR count). The van der Waals surface area contributed by atoms with Crippen molar-refractivity contribution in [2.45, 2.75) is 46.0 Å². The molecule has 1 aromatic rings. The average Bonchev–Trinajstić information content (AvgIpc) is 2.92. The quantitative estimate of drug-likeness (QED) is 0.843. The lowest BCUT2D eigenvalue weighted by Gasteiger charge is -2.12. The van der Waals surface area contributed by atoms with Gasteiger partial charge in [-0.1, -0.05) is 32.8 Å². The third-order valence-corrected chi connectivity index (χ3v) is 3.79. The summed E-state index contributed by atoms with van der Waals surface area (Å²) in [6.45, 7) is 5.08. The van der Waals surface area contributed by atoms with E-state index in [1.54, 1.807) is 0 Å². The number of anilines is 1. The van der Waals surface area contributed by atoms with Crippen LogP contribution in [-0.4, -0.2) is 12.5 Å². The topological polar surface area (TPSA) is 38.3 Å². The third-order valence-electron chi connectivity index (χ3n) is 3.79. The summed E-state index contributed by atoms with van der Waals surface area (Å²) in [5, 5.41) is 3.00. The van der Waals surface area contributed by atoms with Gasteiger partial charge in [-0.3, -0.25) is 4.79 Å². The number of benzene rings is 1. The Morgan fingerprint density at radius 1 is 1.35 bits per heavy atom. The van der Waals surface area contributed by atoms with Crippen LogP contribution in [0.4, 0.5) is 5.69 Å². The molecule has 1 aliphatic rings. The highest BCUT2D eigenvalue weighted by Gasteiger charge is 2.22. The molecule has 0 saturated heterocycles. The molecule has 1 amide bonds. The Kier molecular flexibility index (Phi) is 5.45. The second kappa shape index (κ2) is 7.32. The lowest BCUT2D eigenvalue weighted by Crippen LogP contribution is -2.20. The summed E-state index contributed by atoms with van der Waals surface area (Å²) in [6, 6.07) is 7.69. The van der Waals surface area contributed by atoms with Gasteiger partial charge in [-0.05, 0) is 37.3 Å². The molecule has 1 N–H and O–H groups in total. The molecule has 0 unspecified atom stereocenters. The minimum Gasteiger partial charge on any atom is -0.494 e. The Hall–Kier alpha value is -1.51. The molecule has 3 nitrogen and oxygen atoms in total. The van der Waals surface area contributed by atoms with E-state index in [0.717, 1.165) is 37.3 Å². The van der Waals surface area contributed by atoms with Crippen LogP contribution in [0.25, 0.3) is 0 Å². The Bertz CT molecular complexity index is 436. The van der Waals surface area contributed by atoms with Gasteiger partial charge in [0.2, 0.25) is 5.91 Å². The molecular weight excluding hydrogens is 250 g/mol. The highest BCUT2D eigenvalue weighted by molar-refractivity contribution is 5.92. The summed E-state index contributed by atoms with van der Waals surface area (Å²) in [7, 11) is 0. The lowest BCUT2D eigenvalue weighted by molar-refractivity contribution is -0.119. The first-order chi connectivity index (χ1) is 9.65. The van der Waals surface area contributed by atoms with Crippen LogP contribution in [0, 0.1) is 11.8 Å². The van der Waals surface area contributed by atoms with Crippen molar-refractivity contribution in [2.75, 3.05) is 11.9 Å². The van der Waals surface area contributed by atoms with Crippen molar-refractivity contribution < 1.29 is 9.53 Å². The molecule has 1 saturated carbocycles. The average molecular weight is 275 g/mol. The lowest BCUT2D eigenvalue weighted by atomic mass is 10.1. The second-order valence-electron chi connectivity index (χ2n) is 6.03. The molecule has 0 spiro atoms. The third kappa shape index (κ3) is 4.55. The van der Waals surface area contributed by atoms with E-state index in [-0.39, 0.29) is 11.8 Å². The maximum Gasteiger partial charge on any atom is 0.227 e. The second-order valence-corrected chi connectivity index (χ2v) is 6.03. The summed E-state index contributed by atoms with van der Waals surface area (Å²) >= 11 is 0. The van der Waals surface area contributed by atoms with E-state index >= 15 is 0 Å². The van der Waals surface area contributed by atoms with E-state index in [1.807, 2.05) is 24.3 Å². The first-order valence-corrected chi connectivity index (χ1v) is 7.69. The highest BCUT2D eigenvalue weighted by atomic mass is 16.5. The summed E-state index contributed by atoms with van der Waals surface area (Å²) in [5.74, 6) is 1.82. The van der Waals surface area contributed by atoms with Gasteiger partial charge in [-0.2, -0.15) is 0 Å². The fourth-order valence-electron chi connectivity index (χ4n) is 2.51. The van der Waals surface area contributed by atoms with Gasteiger partial charge in [0.25, 0.3) is 0 Å². The molecule has 0 aliphatic heterocycles. The number of nitrogens with one attached hydrogen (secondary N) is 1. The highest BCUT2D eigenvalue weighted by Crippen LogP contribution is 2.26.